The molecule has 12 nitrogen and oxygen atoms in total. The molecule has 0 radical (unpaired) electrons. The van der Waals surface area contributed by atoms with Crippen molar-refractivity contribution in [3.05, 3.63) is 90.0 Å². The number of rotatable bonds is 11. The number of nitrogens with zero attached hydrogens (tertiary/aromatic N) is 1. The monoisotopic (exact) mass is 654 g/mol. The number of benzene rings is 3. The van der Waals surface area contributed by atoms with Gasteiger partial charge in [0.15, 0.2) is 0 Å². The van der Waals surface area contributed by atoms with Gasteiger partial charge in [-0.2, -0.15) is 0 Å². The minimum atomic E-state index is -1.08. The number of carbonyl (C=O) groups excluding carboxylic acids is 2. The van der Waals surface area contributed by atoms with Gasteiger partial charge < -0.3 is 44.5 Å². The number of nitrogens with two attached hydrogens (primary N) is 1. The fourth-order valence-electron chi connectivity index (χ4n) is 3.70. The molecule has 3 aromatic rings. The molecule has 1 atom stereocenters. The molecule has 3 aromatic carbocycles. The maximum atomic E-state index is 11.5. The minimum Gasteiger partial charge on any atom is -0.491 e. The smallest absolute Gasteiger partial charge is 0.491 e. The highest BCUT2D eigenvalue weighted by Crippen LogP contribution is 2.19. The quantitative estimate of drug-likeness (QED) is 0.115. The molecule has 0 spiro atoms. The maximum absolute atomic E-state index is 11.5. The fourth-order valence-corrected chi connectivity index (χ4v) is 3.70. The Labute approximate surface area is 275 Å². The van der Waals surface area contributed by atoms with Gasteiger partial charge in [-0.05, 0) is 95.5 Å². The average molecular weight is 655 g/mol. The highest BCUT2D eigenvalue weighted by Gasteiger charge is 2.24. The van der Waals surface area contributed by atoms with E-state index in [9.17, 15) is 24.6 Å². The standard InChI is InChI=1S/C25H28N2O5.C10H18O5/c26-21-8-6-19(7-9-21)14-15-27(25(29)30)16-22(28)18-32-24-12-10-23(11-13-24)31-17-20-4-2-1-3-5-20;1-9(2,3)14-7(11)13-8(12)15-10(4,5)6/h1-13,22,28H,14-18,26H2,(H,29,30);1-6H3/t22-;/m0./s1. The van der Waals surface area contributed by atoms with Crippen LogP contribution in [-0.2, 0) is 27.2 Å². The summed E-state index contributed by atoms with van der Waals surface area (Å²) < 4.78 is 25.1. The Morgan fingerprint density at radius 1 is 0.745 bits per heavy atom. The lowest BCUT2D eigenvalue weighted by Gasteiger charge is -2.22. The Morgan fingerprint density at radius 2 is 1.26 bits per heavy atom. The summed E-state index contributed by atoms with van der Waals surface area (Å²) in [4.78, 5) is 34.7. The Morgan fingerprint density at radius 3 is 1.74 bits per heavy atom. The predicted octanol–water partition coefficient (Wildman–Crippen LogP) is 6.68. The Hall–Kier alpha value is -4.97. The first-order chi connectivity index (χ1) is 22.0. The third-order valence-corrected chi connectivity index (χ3v) is 5.81. The van der Waals surface area contributed by atoms with Gasteiger partial charge >= 0.3 is 18.4 Å². The summed E-state index contributed by atoms with van der Waals surface area (Å²) in [6, 6.07) is 24.2. The van der Waals surface area contributed by atoms with Crippen LogP contribution in [0.2, 0.25) is 0 Å². The van der Waals surface area contributed by atoms with Crippen molar-refractivity contribution in [1.29, 1.82) is 0 Å². The van der Waals surface area contributed by atoms with Crippen molar-refractivity contribution in [1.82, 2.24) is 4.90 Å². The normalized spacial score (nSPS) is 11.6. The lowest BCUT2D eigenvalue weighted by Crippen LogP contribution is -2.40. The van der Waals surface area contributed by atoms with Gasteiger partial charge in [-0.15, -0.1) is 0 Å². The van der Waals surface area contributed by atoms with Crippen molar-refractivity contribution in [2.45, 2.75) is 71.9 Å². The molecular weight excluding hydrogens is 608 g/mol. The van der Waals surface area contributed by atoms with Crippen LogP contribution in [0.25, 0.3) is 0 Å². The molecule has 0 saturated heterocycles. The van der Waals surface area contributed by atoms with E-state index >= 15 is 0 Å². The van der Waals surface area contributed by atoms with Crippen LogP contribution in [-0.4, -0.2) is 70.5 Å². The van der Waals surface area contributed by atoms with Crippen molar-refractivity contribution in [3.63, 3.8) is 0 Å². The molecule has 0 aliphatic rings. The van der Waals surface area contributed by atoms with E-state index in [4.69, 9.17) is 24.7 Å². The van der Waals surface area contributed by atoms with Crippen LogP contribution >= 0.6 is 0 Å². The Bertz CT molecular complexity index is 1360. The van der Waals surface area contributed by atoms with E-state index in [1.54, 1.807) is 77.9 Å². The molecule has 0 heterocycles. The average Bonchev–Trinajstić information content (AvgIpc) is 2.97. The molecule has 0 saturated carbocycles. The third kappa shape index (κ3) is 17.3. The zero-order valence-electron chi connectivity index (χ0n) is 27.8. The summed E-state index contributed by atoms with van der Waals surface area (Å²) in [6.07, 6.45) is -3.62. The molecule has 12 heteroatoms. The molecule has 0 aliphatic carbocycles. The van der Waals surface area contributed by atoms with Crippen LogP contribution < -0.4 is 15.2 Å². The van der Waals surface area contributed by atoms with Crippen molar-refractivity contribution in [2.24, 2.45) is 0 Å². The first-order valence-corrected chi connectivity index (χ1v) is 15.0. The van der Waals surface area contributed by atoms with Crippen LogP contribution in [0.3, 0.4) is 0 Å². The zero-order valence-corrected chi connectivity index (χ0v) is 27.8. The topological polar surface area (TPSA) is 167 Å². The van der Waals surface area contributed by atoms with Gasteiger partial charge in [0.25, 0.3) is 0 Å². The van der Waals surface area contributed by atoms with Crippen molar-refractivity contribution in [3.8, 4) is 11.5 Å². The van der Waals surface area contributed by atoms with Gasteiger partial charge in [-0.3, -0.25) is 0 Å². The summed E-state index contributed by atoms with van der Waals surface area (Å²) >= 11 is 0. The molecule has 0 aliphatic heterocycles. The van der Waals surface area contributed by atoms with Gasteiger partial charge in [0.1, 0.15) is 42.0 Å². The van der Waals surface area contributed by atoms with Gasteiger partial charge in [-0.25, -0.2) is 14.4 Å². The molecular formula is C35H46N2O10. The summed E-state index contributed by atoms with van der Waals surface area (Å²) in [5.41, 5.74) is 6.99. The summed E-state index contributed by atoms with van der Waals surface area (Å²) in [5, 5.41) is 19.7. The first-order valence-electron chi connectivity index (χ1n) is 15.0. The van der Waals surface area contributed by atoms with E-state index in [1.165, 1.54) is 4.90 Å². The minimum absolute atomic E-state index is 0.0180. The number of nitrogen functional groups attached to an aromatic ring is 1. The number of aliphatic hydroxyl groups excluding tert-OH is 1. The third-order valence-electron chi connectivity index (χ3n) is 5.81. The summed E-state index contributed by atoms with van der Waals surface area (Å²) in [5.74, 6) is 1.28. The van der Waals surface area contributed by atoms with E-state index in [-0.39, 0.29) is 19.7 Å². The zero-order chi connectivity index (χ0) is 35.0. The maximum Gasteiger partial charge on any atom is 0.519 e. The molecule has 0 aromatic heterocycles. The molecule has 3 rings (SSSR count). The van der Waals surface area contributed by atoms with E-state index < -0.39 is 35.7 Å². The number of carboxylic acid groups (broad SMARTS) is 1. The van der Waals surface area contributed by atoms with Crippen molar-refractivity contribution in [2.75, 3.05) is 25.4 Å². The molecule has 0 bridgehead atoms. The number of anilines is 1. The van der Waals surface area contributed by atoms with Gasteiger partial charge in [0, 0.05) is 12.2 Å². The van der Waals surface area contributed by atoms with Crippen LogP contribution in [0.5, 0.6) is 11.5 Å². The number of amides is 1. The second-order valence-electron chi connectivity index (χ2n) is 12.5. The highest BCUT2D eigenvalue weighted by atomic mass is 16.8. The van der Waals surface area contributed by atoms with Crippen LogP contribution in [0.1, 0.15) is 52.7 Å². The van der Waals surface area contributed by atoms with E-state index in [0.717, 1.165) is 11.1 Å². The SMILES string of the molecule is CC(C)(C)OC(=O)OC(=O)OC(C)(C)C.Nc1ccc(CCN(C[C@H](O)COc2ccc(OCc3ccccc3)cc2)C(=O)O)cc1. The van der Waals surface area contributed by atoms with E-state index in [2.05, 4.69) is 4.74 Å². The van der Waals surface area contributed by atoms with E-state index in [1.807, 2.05) is 42.5 Å². The largest absolute Gasteiger partial charge is 0.519 e. The van der Waals surface area contributed by atoms with Crippen LogP contribution in [0.15, 0.2) is 78.9 Å². The highest BCUT2D eigenvalue weighted by molar-refractivity contribution is 5.77. The van der Waals surface area contributed by atoms with Gasteiger partial charge in [0.2, 0.25) is 0 Å². The summed E-state index contributed by atoms with van der Waals surface area (Å²) in [7, 11) is 0. The van der Waals surface area contributed by atoms with Gasteiger partial charge in [0.05, 0.1) is 6.54 Å². The lowest BCUT2D eigenvalue weighted by molar-refractivity contribution is -0.0294. The molecule has 256 valence electrons. The molecule has 47 heavy (non-hydrogen) atoms. The molecule has 1 amide bonds. The Balaban J connectivity index is 0.000000433. The lowest BCUT2D eigenvalue weighted by atomic mass is 10.1. The number of ether oxygens (including phenoxy) is 5. The number of aliphatic hydroxyl groups is 1. The first kappa shape index (κ1) is 38.2. The van der Waals surface area contributed by atoms with Crippen LogP contribution in [0.4, 0.5) is 20.1 Å². The molecule has 0 unspecified atom stereocenters. The van der Waals surface area contributed by atoms with Gasteiger partial charge in [-0.1, -0.05) is 42.5 Å². The summed E-state index contributed by atoms with van der Waals surface area (Å²) in [6.45, 7) is 10.7. The predicted molar refractivity (Wildman–Crippen MR) is 176 cm³/mol. The number of carbonyl (C=O) groups is 3. The molecule has 4 N–H and O–H groups in total. The molecule has 0 fully saturated rings. The second-order valence-corrected chi connectivity index (χ2v) is 12.5. The van der Waals surface area contributed by atoms with Crippen LogP contribution in [0, 0.1) is 0 Å². The van der Waals surface area contributed by atoms with Crippen molar-refractivity contribution >= 4 is 24.1 Å². The fraction of sp³-hybridized carbons (Fsp3) is 0.400. The second kappa shape index (κ2) is 18.2. The number of hydrogen-bond donors (Lipinski definition) is 3. The Kier molecular flexibility index (Phi) is 14.8. The van der Waals surface area contributed by atoms with E-state index in [0.29, 0.717) is 30.2 Å². The number of hydrogen-bond acceptors (Lipinski definition) is 10. The van der Waals surface area contributed by atoms with Crippen molar-refractivity contribution < 1.29 is 48.3 Å².